The van der Waals surface area contributed by atoms with Crippen molar-refractivity contribution in [3.05, 3.63) is 33.9 Å². The van der Waals surface area contributed by atoms with Gasteiger partial charge in [-0.3, -0.25) is 19.8 Å². The van der Waals surface area contributed by atoms with E-state index in [1.807, 2.05) is 13.8 Å². The van der Waals surface area contributed by atoms with Gasteiger partial charge in [0.25, 0.3) is 11.6 Å². The number of nitrogens with zero attached hydrogens (tertiary/aromatic N) is 3. The summed E-state index contributed by atoms with van der Waals surface area (Å²) in [6, 6.07) is 2.93. The number of piperazine rings is 1. The maximum atomic E-state index is 12.3. The molecule has 0 bridgehead atoms. The Morgan fingerprint density at radius 3 is 2.54 bits per heavy atom. The van der Waals surface area contributed by atoms with Gasteiger partial charge < -0.3 is 9.64 Å². The van der Waals surface area contributed by atoms with Crippen LogP contribution in [0.4, 0.5) is 5.69 Å². The quantitative estimate of drug-likeness (QED) is 0.379. The number of sulfone groups is 1. The van der Waals surface area contributed by atoms with Gasteiger partial charge in [0.2, 0.25) is 0 Å². The van der Waals surface area contributed by atoms with Gasteiger partial charge in [-0.1, -0.05) is 6.92 Å². The first-order chi connectivity index (χ1) is 13.0. The molecule has 0 radical (unpaired) electrons. The Balaban J connectivity index is 2.06. The van der Waals surface area contributed by atoms with Crippen LogP contribution >= 0.6 is 0 Å². The molecule has 0 spiro atoms. The zero-order valence-corrected chi connectivity index (χ0v) is 16.8. The van der Waals surface area contributed by atoms with E-state index in [9.17, 15) is 28.1 Å². The first-order valence-corrected chi connectivity index (χ1v) is 10.6. The number of carbonyl (C=O) groups is 2. The molecule has 10 nitrogen and oxygen atoms in total. The Kier molecular flexibility index (Phi) is 6.73. The van der Waals surface area contributed by atoms with E-state index in [0.29, 0.717) is 6.54 Å². The molecule has 1 fully saturated rings. The lowest BCUT2D eigenvalue weighted by atomic mass is 10.2. The summed E-state index contributed by atoms with van der Waals surface area (Å²) < 4.78 is 28.3. The summed E-state index contributed by atoms with van der Waals surface area (Å²) in [4.78, 5) is 38.1. The molecule has 0 saturated carbocycles. The molecule has 1 aromatic carbocycles. The van der Waals surface area contributed by atoms with E-state index in [4.69, 9.17) is 4.74 Å². The van der Waals surface area contributed by atoms with Crippen LogP contribution in [0.5, 0.6) is 0 Å². The molecular weight excluding hydrogens is 390 g/mol. The number of esters is 1. The molecule has 0 aromatic heterocycles. The molecule has 1 aliphatic heterocycles. The molecule has 1 aliphatic rings. The van der Waals surface area contributed by atoms with E-state index < -0.39 is 37.9 Å². The molecule has 0 N–H and O–H groups in total. The monoisotopic (exact) mass is 413 g/mol. The highest BCUT2D eigenvalue weighted by atomic mass is 32.2. The standard InChI is InChI=1S/C17H23N3O7S/c1-4-18-7-8-19(12(2)10-18)16(21)11-27-17(22)13-5-6-15(28(3,25)26)14(9-13)20(23)24/h5-6,9,12H,4,7-8,10-11H2,1-3H3. The number of amides is 1. The molecule has 0 aliphatic carbocycles. The highest BCUT2D eigenvalue weighted by molar-refractivity contribution is 7.90. The number of ether oxygens (including phenoxy) is 1. The molecule has 11 heteroatoms. The largest absolute Gasteiger partial charge is 0.452 e. The van der Waals surface area contributed by atoms with E-state index in [0.717, 1.165) is 44.1 Å². The second-order valence-corrected chi connectivity index (χ2v) is 8.60. The van der Waals surface area contributed by atoms with Crippen molar-refractivity contribution in [2.24, 2.45) is 0 Å². The van der Waals surface area contributed by atoms with Gasteiger partial charge >= 0.3 is 5.97 Å². The molecule has 2 rings (SSSR count). The highest BCUT2D eigenvalue weighted by Crippen LogP contribution is 2.25. The number of rotatable bonds is 6. The van der Waals surface area contributed by atoms with E-state index >= 15 is 0 Å². The zero-order valence-electron chi connectivity index (χ0n) is 16.0. The maximum absolute atomic E-state index is 12.3. The van der Waals surface area contributed by atoms with Crippen molar-refractivity contribution in [3.63, 3.8) is 0 Å². The van der Waals surface area contributed by atoms with Crippen LogP contribution in [0.1, 0.15) is 24.2 Å². The summed E-state index contributed by atoms with van der Waals surface area (Å²) in [7, 11) is -3.83. The van der Waals surface area contributed by atoms with Crippen LogP contribution in [0.2, 0.25) is 0 Å². The van der Waals surface area contributed by atoms with Gasteiger partial charge in [0.15, 0.2) is 16.4 Å². The molecule has 1 aromatic rings. The van der Waals surface area contributed by atoms with Gasteiger partial charge in [0, 0.05) is 38.0 Å². The van der Waals surface area contributed by atoms with Crippen molar-refractivity contribution in [3.8, 4) is 0 Å². The molecule has 1 saturated heterocycles. The topological polar surface area (TPSA) is 127 Å². The van der Waals surface area contributed by atoms with E-state index in [1.165, 1.54) is 0 Å². The zero-order chi connectivity index (χ0) is 21.1. The van der Waals surface area contributed by atoms with Crippen LogP contribution in [0.25, 0.3) is 0 Å². The summed E-state index contributed by atoms with van der Waals surface area (Å²) >= 11 is 0. The SMILES string of the molecule is CCN1CCN(C(=O)COC(=O)c2ccc(S(C)(=O)=O)c([N+](=O)[O-])c2)C(C)C1. The van der Waals surface area contributed by atoms with Crippen molar-refractivity contribution >= 4 is 27.4 Å². The second kappa shape index (κ2) is 8.65. The minimum Gasteiger partial charge on any atom is -0.452 e. The fraction of sp³-hybridized carbons (Fsp3) is 0.529. The van der Waals surface area contributed by atoms with Crippen molar-refractivity contribution in [2.75, 3.05) is 39.0 Å². The second-order valence-electron chi connectivity index (χ2n) is 6.62. The van der Waals surface area contributed by atoms with Crippen molar-refractivity contribution in [1.29, 1.82) is 0 Å². The molecule has 28 heavy (non-hydrogen) atoms. The van der Waals surface area contributed by atoms with Crippen LogP contribution in [-0.2, 0) is 19.4 Å². The number of likely N-dealkylation sites (N-methyl/N-ethyl adjacent to an activating group) is 1. The summed E-state index contributed by atoms with van der Waals surface area (Å²) in [6.07, 6.45) is 0.839. The Labute approximate surface area is 163 Å². The van der Waals surface area contributed by atoms with E-state index in [1.54, 1.807) is 4.90 Å². The Morgan fingerprint density at radius 2 is 2.00 bits per heavy atom. The predicted octanol–water partition coefficient (Wildman–Crippen LogP) is 0.708. The fourth-order valence-corrected chi connectivity index (χ4v) is 3.91. The number of benzene rings is 1. The Morgan fingerprint density at radius 1 is 1.32 bits per heavy atom. The molecule has 1 amide bonds. The summed E-state index contributed by atoms with van der Waals surface area (Å²) in [5, 5.41) is 11.1. The van der Waals surface area contributed by atoms with Crippen LogP contribution in [0.15, 0.2) is 23.1 Å². The average Bonchev–Trinajstić information content (AvgIpc) is 2.64. The lowest BCUT2D eigenvalue weighted by molar-refractivity contribution is -0.387. The number of hydrogen-bond acceptors (Lipinski definition) is 8. The number of hydrogen-bond donors (Lipinski definition) is 0. The minimum absolute atomic E-state index is 0.0185. The van der Waals surface area contributed by atoms with Crippen LogP contribution in [0.3, 0.4) is 0 Å². The van der Waals surface area contributed by atoms with Gasteiger partial charge in [-0.25, -0.2) is 13.2 Å². The third kappa shape index (κ3) is 5.04. The van der Waals surface area contributed by atoms with Crippen molar-refractivity contribution < 1.29 is 27.7 Å². The highest BCUT2D eigenvalue weighted by Gasteiger charge is 2.28. The van der Waals surface area contributed by atoms with Crippen LogP contribution in [-0.4, -0.2) is 80.1 Å². The lowest BCUT2D eigenvalue weighted by Crippen LogP contribution is -2.54. The van der Waals surface area contributed by atoms with Gasteiger partial charge in [-0.2, -0.15) is 0 Å². The Bertz CT molecular complexity index is 885. The first-order valence-electron chi connectivity index (χ1n) is 8.72. The summed E-state index contributed by atoms with van der Waals surface area (Å²) in [5.74, 6) is -1.28. The van der Waals surface area contributed by atoms with Gasteiger partial charge in [-0.15, -0.1) is 0 Å². The van der Waals surface area contributed by atoms with Gasteiger partial charge in [-0.05, 0) is 25.6 Å². The van der Waals surface area contributed by atoms with Gasteiger partial charge in [0.05, 0.1) is 10.5 Å². The minimum atomic E-state index is -3.83. The van der Waals surface area contributed by atoms with Crippen LogP contribution in [0, 0.1) is 10.1 Å². The van der Waals surface area contributed by atoms with E-state index in [-0.39, 0.29) is 17.5 Å². The summed E-state index contributed by atoms with van der Waals surface area (Å²) in [6.45, 7) is 6.35. The third-order valence-corrected chi connectivity index (χ3v) is 5.74. The Hall–Kier alpha value is -2.53. The molecular formula is C17H23N3O7S. The smallest absolute Gasteiger partial charge is 0.338 e. The maximum Gasteiger partial charge on any atom is 0.338 e. The molecule has 1 atom stereocenters. The normalized spacial score (nSPS) is 18.0. The molecule has 1 unspecified atom stereocenters. The van der Waals surface area contributed by atoms with E-state index in [2.05, 4.69) is 4.90 Å². The summed E-state index contributed by atoms with van der Waals surface area (Å²) in [5.41, 5.74) is -0.914. The lowest BCUT2D eigenvalue weighted by Gasteiger charge is -2.39. The predicted molar refractivity (Wildman–Crippen MR) is 99.8 cm³/mol. The van der Waals surface area contributed by atoms with Gasteiger partial charge in [0.1, 0.15) is 4.90 Å². The third-order valence-electron chi connectivity index (χ3n) is 4.60. The number of nitro benzene ring substituents is 1. The first kappa shape index (κ1) is 21.8. The van der Waals surface area contributed by atoms with Crippen LogP contribution < -0.4 is 0 Å². The number of carbonyl (C=O) groups excluding carboxylic acids is 2. The average molecular weight is 413 g/mol. The number of nitro groups is 1. The molecule has 154 valence electrons. The molecule has 1 heterocycles. The fourth-order valence-electron chi connectivity index (χ4n) is 3.08. The van der Waals surface area contributed by atoms with Crippen molar-refractivity contribution in [1.82, 2.24) is 9.80 Å². The van der Waals surface area contributed by atoms with Crippen molar-refractivity contribution in [2.45, 2.75) is 24.8 Å².